The minimum Gasteiger partial charge on any atom is -0.357 e. The van der Waals surface area contributed by atoms with E-state index in [4.69, 9.17) is 0 Å². The van der Waals surface area contributed by atoms with Crippen LogP contribution in [0.2, 0.25) is 0 Å². The Morgan fingerprint density at radius 1 is 1.44 bits per heavy atom. The first-order valence-electron chi connectivity index (χ1n) is 5.75. The van der Waals surface area contributed by atoms with Crippen LogP contribution in [0.1, 0.15) is 24.4 Å². The molecule has 2 heterocycles. The molecule has 0 saturated heterocycles. The number of rotatable bonds is 4. The Balaban J connectivity index is 1.89. The monoisotopic (exact) mass is 263 g/mol. The van der Waals surface area contributed by atoms with Gasteiger partial charge in [-0.05, 0) is 42.0 Å². The highest BCUT2D eigenvalue weighted by Crippen LogP contribution is 2.38. The van der Waals surface area contributed by atoms with Crippen molar-refractivity contribution in [2.75, 3.05) is 12.4 Å². The van der Waals surface area contributed by atoms with Gasteiger partial charge in [0.1, 0.15) is 5.03 Å². The SMILES string of the molecule is CNc1ncc(C)c(Sc2nnnn2C2CC2)n1. The highest BCUT2D eigenvalue weighted by Gasteiger charge is 2.28. The predicted octanol–water partition coefficient (Wildman–Crippen LogP) is 1.30. The average molecular weight is 263 g/mol. The molecule has 94 valence electrons. The quantitative estimate of drug-likeness (QED) is 0.832. The van der Waals surface area contributed by atoms with Gasteiger partial charge in [0.15, 0.2) is 0 Å². The Hall–Kier alpha value is -1.70. The minimum absolute atomic E-state index is 0.466. The topological polar surface area (TPSA) is 81.4 Å². The molecule has 3 rings (SSSR count). The van der Waals surface area contributed by atoms with Gasteiger partial charge >= 0.3 is 0 Å². The molecule has 0 aliphatic heterocycles. The summed E-state index contributed by atoms with van der Waals surface area (Å²) in [5.41, 5.74) is 1.02. The summed E-state index contributed by atoms with van der Waals surface area (Å²) in [7, 11) is 1.80. The van der Waals surface area contributed by atoms with Crippen LogP contribution in [0.15, 0.2) is 16.4 Å². The fraction of sp³-hybridized carbons (Fsp3) is 0.500. The maximum Gasteiger partial charge on any atom is 0.223 e. The van der Waals surface area contributed by atoms with Crippen molar-refractivity contribution in [3.63, 3.8) is 0 Å². The zero-order valence-electron chi connectivity index (χ0n) is 10.2. The first-order chi connectivity index (χ1) is 8.78. The third-order valence-electron chi connectivity index (χ3n) is 2.69. The summed E-state index contributed by atoms with van der Waals surface area (Å²) in [5.74, 6) is 0.605. The lowest BCUT2D eigenvalue weighted by molar-refractivity contribution is 0.565. The highest BCUT2D eigenvalue weighted by atomic mass is 32.2. The molecular formula is C10H13N7S. The van der Waals surface area contributed by atoms with E-state index in [2.05, 4.69) is 30.8 Å². The van der Waals surface area contributed by atoms with Crippen molar-refractivity contribution in [1.29, 1.82) is 0 Å². The largest absolute Gasteiger partial charge is 0.357 e. The lowest BCUT2D eigenvalue weighted by atomic mass is 10.4. The fourth-order valence-corrected chi connectivity index (χ4v) is 2.41. The molecule has 18 heavy (non-hydrogen) atoms. The van der Waals surface area contributed by atoms with Crippen LogP contribution in [0.5, 0.6) is 0 Å². The lowest BCUT2D eigenvalue weighted by Gasteiger charge is -2.06. The van der Waals surface area contributed by atoms with Crippen molar-refractivity contribution in [3.8, 4) is 0 Å². The van der Waals surface area contributed by atoms with Crippen molar-refractivity contribution < 1.29 is 0 Å². The molecule has 0 atom stereocenters. The summed E-state index contributed by atoms with van der Waals surface area (Å²) in [6.07, 6.45) is 4.11. The standard InChI is InChI=1S/C10H13N7S/c1-6-5-12-9(11-2)13-8(6)18-10-14-15-16-17(10)7-3-4-7/h5,7H,3-4H2,1-2H3,(H,11,12,13). The molecule has 1 aliphatic carbocycles. The van der Waals surface area contributed by atoms with Gasteiger partial charge in [0.2, 0.25) is 11.1 Å². The number of nitrogens with one attached hydrogen (secondary N) is 1. The van der Waals surface area contributed by atoms with Crippen molar-refractivity contribution >= 4 is 17.7 Å². The smallest absolute Gasteiger partial charge is 0.223 e. The highest BCUT2D eigenvalue weighted by molar-refractivity contribution is 7.99. The Morgan fingerprint density at radius 2 is 2.28 bits per heavy atom. The Labute approximate surface area is 108 Å². The average Bonchev–Trinajstić information content (AvgIpc) is 3.13. The zero-order chi connectivity index (χ0) is 12.5. The van der Waals surface area contributed by atoms with Gasteiger partial charge in [-0.15, -0.1) is 5.10 Å². The molecule has 2 aromatic rings. The number of hydrogen-bond donors (Lipinski definition) is 1. The van der Waals surface area contributed by atoms with Crippen molar-refractivity contribution in [3.05, 3.63) is 11.8 Å². The predicted molar refractivity (Wildman–Crippen MR) is 66.5 cm³/mol. The van der Waals surface area contributed by atoms with Crippen molar-refractivity contribution in [1.82, 2.24) is 30.2 Å². The van der Waals surface area contributed by atoms with Gasteiger partial charge in [0.25, 0.3) is 0 Å². The Bertz CT molecular complexity index is 563. The summed E-state index contributed by atoms with van der Waals surface area (Å²) >= 11 is 1.48. The number of tetrazole rings is 1. The van der Waals surface area contributed by atoms with E-state index in [1.807, 2.05) is 11.6 Å². The zero-order valence-corrected chi connectivity index (χ0v) is 11.0. The van der Waals surface area contributed by atoms with Gasteiger partial charge < -0.3 is 5.32 Å². The maximum absolute atomic E-state index is 4.42. The molecular weight excluding hydrogens is 250 g/mol. The maximum atomic E-state index is 4.42. The Kier molecular flexibility index (Phi) is 2.86. The van der Waals surface area contributed by atoms with Crippen molar-refractivity contribution in [2.24, 2.45) is 0 Å². The first-order valence-corrected chi connectivity index (χ1v) is 6.56. The minimum atomic E-state index is 0.466. The first kappa shape index (κ1) is 11.4. The van der Waals surface area contributed by atoms with Crippen LogP contribution in [0, 0.1) is 6.92 Å². The molecule has 0 amide bonds. The van der Waals surface area contributed by atoms with Crippen LogP contribution in [0.3, 0.4) is 0 Å². The van der Waals surface area contributed by atoms with Gasteiger partial charge in [-0.2, -0.15) is 0 Å². The van der Waals surface area contributed by atoms with E-state index in [-0.39, 0.29) is 0 Å². The van der Waals surface area contributed by atoms with E-state index in [1.165, 1.54) is 11.8 Å². The van der Waals surface area contributed by atoms with Crippen LogP contribution < -0.4 is 5.32 Å². The molecule has 8 heteroatoms. The van der Waals surface area contributed by atoms with Crippen LogP contribution >= 0.6 is 11.8 Å². The normalized spacial score (nSPS) is 14.8. The summed E-state index contributed by atoms with van der Waals surface area (Å²) < 4.78 is 1.88. The summed E-state index contributed by atoms with van der Waals surface area (Å²) in [6, 6.07) is 0.466. The van der Waals surface area contributed by atoms with E-state index in [0.717, 1.165) is 28.6 Å². The van der Waals surface area contributed by atoms with E-state index < -0.39 is 0 Å². The van der Waals surface area contributed by atoms with Crippen molar-refractivity contribution in [2.45, 2.75) is 36.0 Å². The molecule has 0 unspecified atom stereocenters. The lowest BCUT2D eigenvalue weighted by Crippen LogP contribution is -2.01. The second kappa shape index (κ2) is 4.52. The van der Waals surface area contributed by atoms with Gasteiger partial charge in [-0.1, -0.05) is 0 Å². The molecule has 1 aliphatic rings. The molecule has 0 bridgehead atoms. The second-order valence-electron chi connectivity index (χ2n) is 4.17. The van der Waals surface area contributed by atoms with Crippen LogP contribution in [0.25, 0.3) is 0 Å². The number of anilines is 1. The second-order valence-corrected chi connectivity index (χ2v) is 5.13. The summed E-state index contributed by atoms with van der Waals surface area (Å²) in [5, 5.41) is 16.4. The van der Waals surface area contributed by atoms with E-state index in [1.54, 1.807) is 13.2 Å². The van der Waals surface area contributed by atoms with E-state index in [0.29, 0.717) is 12.0 Å². The van der Waals surface area contributed by atoms with E-state index in [9.17, 15) is 0 Å². The number of hydrogen-bond acceptors (Lipinski definition) is 7. The molecule has 7 nitrogen and oxygen atoms in total. The molecule has 1 N–H and O–H groups in total. The molecule has 0 radical (unpaired) electrons. The summed E-state index contributed by atoms with van der Waals surface area (Å²) in [4.78, 5) is 8.58. The van der Waals surface area contributed by atoms with Crippen LogP contribution in [-0.4, -0.2) is 37.2 Å². The fourth-order valence-electron chi connectivity index (χ4n) is 1.54. The molecule has 0 spiro atoms. The number of aryl methyl sites for hydroxylation is 1. The van der Waals surface area contributed by atoms with Crippen LogP contribution in [0.4, 0.5) is 5.95 Å². The van der Waals surface area contributed by atoms with Crippen LogP contribution in [-0.2, 0) is 0 Å². The third-order valence-corrected chi connectivity index (χ3v) is 3.75. The summed E-state index contributed by atoms with van der Waals surface area (Å²) in [6.45, 7) is 1.98. The van der Waals surface area contributed by atoms with Gasteiger partial charge in [-0.25, -0.2) is 14.6 Å². The molecule has 1 saturated carbocycles. The van der Waals surface area contributed by atoms with Gasteiger partial charge in [-0.3, -0.25) is 0 Å². The number of aromatic nitrogens is 6. The number of nitrogens with zero attached hydrogens (tertiary/aromatic N) is 6. The third kappa shape index (κ3) is 2.15. The van der Waals surface area contributed by atoms with Gasteiger partial charge in [0, 0.05) is 18.8 Å². The molecule has 0 aromatic carbocycles. The van der Waals surface area contributed by atoms with Gasteiger partial charge in [0.05, 0.1) is 6.04 Å². The van der Waals surface area contributed by atoms with E-state index >= 15 is 0 Å². The molecule has 2 aromatic heterocycles. The molecule has 1 fully saturated rings. The Morgan fingerprint density at radius 3 is 3.00 bits per heavy atom.